The summed E-state index contributed by atoms with van der Waals surface area (Å²) >= 11 is 1.73. The first-order valence-electron chi connectivity index (χ1n) is 6.22. The Balaban J connectivity index is 2.02. The molecule has 2 unspecified atom stereocenters. The van der Waals surface area contributed by atoms with Gasteiger partial charge in [0, 0.05) is 12.0 Å². The quantitative estimate of drug-likeness (QED) is 0.847. The van der Waals surface area contributed by atoms with E-state index in [0.29, 0.717) is 6.61 Å². The molecule has 0 radical (unpaired) electrons. The number of aliphatic hydroxyl groups excluding tert-OH is 1. The smallest absolute Gasteiger partial charge is 0.227 e. The van der Waals surface area contributed by atoms with Crippen molar-refractivity contribution in [3.8, 4) is 0 Å². The summed E-state index contributed by atoms with van der Waals surface area (Å²) in [6.07, 6.45) is 3.03. The summed E-state index contributed by atoms with van der Waals surface area (Å²) in [6.45, 7) is 0.244. The number of methoxy groups -OCH3 is 1. The van der Waals surface area contributed by atoms with Gasteiger partial charge in [-0.25, -0.2) is 0 Å². The van der Waals surface area contributed by atoms with Crippen LogP contribution in [0, 0.1) is 0 Å². The lowest BCUT2D eigenvalue weighted by Crippen LogP contribution is -2.43. The summed E-state index contributed by atoms with van der Waals surface area (Å²) in [5, 5.41) is 14.1. The zero-order valence-electron chi connectivity index (χ0n) is 10.5. The Morgan fingerprint density at radius 3 is 3.28 bits per heavy atom. The first-order valence-corrected chi connectivity index (χ1v) is 7.10. The third-order valence-electron chi connectivity index (χ3n) is 3.30. The summed E-state index contributed by atoms with van der Waals surface area (Å²) in [6, 6.07) is 1.74. The normalized spacial score (nSPS) is 20.2. The lowest BCUT2D eigenvalue weighted by molar-refractivity contribution is -0.124. The highest BCUT2D eigenvalue weighted by atomic mass is 32.1. The number of nitrogens with one attached hydrogen (secondary N) is 1. The van der Waals surface area contributed by atoms with E-state index in [1.54, 1.807) is 18.4 Å². The fourth-order valence-electron chi connectivity index (χ4n) is 2.40. The molecule has 0 aliphatic heterocycles. The van der Waals surface area contributed by atoms with Crippen molar-refractivity contribution >= 4 is 17.2 Å². The molecule has 1 aliphatic carbocycles. The SMILES string of the molecule is COCC(CO)NC(=O)C1CCCc2sccc21. The molecule has 18 heavy (non-hydrogen) atoms. The van der Waals surface area contributed by atoms with Crippen molar-refractivity contribution < 1.29 is 14.6 Å². The Kier molecular flexibility index (Phi) is 4.74. The molecule has 0 fully saturated rings. The van der Waals surface area contributed by atoms with Crippen molar-refractivity contribution in [2.75, 3.05) is 20.3 Å². The minimum absolute atomic E-state index is 0.00505. The van der Waals surface area contributed by atoms with Crippen molar-refractivity contribution in [3.05, 3.63) is 21.9 Å². The summed E-state index contributed by atoms with van der Waals surface area (Å²) < 4.78 is 4.96. The van der Waals surface area contributed by atoms with Crippen LogP contribution >= 0.6 is 11.3 Å². The van der Waals surface area contributed by atoms with Gasteiger partial charge in [0.15, 0.2) is 0 Å². The lowest BCUT2D eigenvalue weighted by atomic mass is 9.87. The van der Waals surface area contributed by atoms with Crippen LogP contribution in [-0.4, -0.2) is 37.4 Å². The van der Waals surface area contributed by atoms with Gasteiger partial charge >= 0.3 is 0 Å². The Morgan fingerprint density at radius 2 is 2.56 bits per heavy atom. The molecule has 5 heteroatoms. The number of hydrogen-bond acceptors (Lipinski definition) is 4. The highest BCUT2D eigenvalue weighted by Crippen LogP contribution is 2.34. The molecule has 0 bridgehead atoms. The molecule has 1 heterocycles. The molecule has 1 amide bonds. The molecule has 1 aromatic heterocycles. The Hall–Kier alpha value is -0.910. The topological polar surface area (TPSA) is 58.6 Å². The first-order chi connectivity index (χ1) is 8.76. The van der Waals surface area contributed by atoms with Gasteiger partial charge in [-0.2, -0.15) is 0 Å². The number of fused-ring (bicyclic) bond motifs is 1. The number of ether oxygens (including phenoxy) is 1. The summed E-state index contributed by atoms with van der Waals surface area (Å²) in [7, 11) is 1.56. The summed E-state index contributed by atoms with van der Waals surface area (Å²) in [5.41, 5.74) is 1.16. The number of aryl methyl sites for hydroxylation is 1. The molecule has 2 rings (SSSR count). The standard InChI is InChI=1S/C13H19NO3S/c1-17-8-9(7-15)14-13(16)11-3-2-4-12-10(11)5-6-18-12/h5-6,9,11,15H,2-4,7-8H2,1H3,(H,14,16). The van der Waals surface area contributed by atoms with E-state index < -0.39 is 0 Å². The second-order valence-electron chi connectivity index (χ2n) is 4.59. The molecular weight excluding hydrogens is 250 g/mol. The summed E-state index contributed by atoms with van der Waals surface area (Å²) in [4.78, 5) is 13.6. The van der Waals surface area contributed by atoms with Crippen molar-refractivity contribution in [2.45, 2.75) is 31.2 Å². The van der Waals surface area contributed by atoms with Crippen LogP contribution in [0.1, 0.15) is 29.2 Å². The maximum absolute atomic E-state index is 12.2. The number of amides is 1. The van der Waals surface area contributed by atoms with E-state index in [2.05, 4.69) is 10.7 Å². The maximum Gasteiger partial charge on any atom is 0.227 e. The molecule has 100 valence electrons. The molecule has 2 N–H and O–H groups in total. The molecule has 0 spiro atoms. The van der Waals surface area contributed by atoms with Crippen LogP contribution in [-0.2, 0) is 16.0 Å². The predicted octanol–water partition coefficient (Wildman–Crippen LogP) is 1.29. The van der Waals surface area contributed by atoms with Gasteiger partial charge in [0.25, 0.3) is 0 Å². The fraction of sp³-hybridized carbons (Fsp3) is 0.615. The van der Waals surface area contributed by atoms with Gasteiger partial charge in [-0.05, 0) is 36.3 Å². The van der Waals surface area contributed by atoms with Gasteiger partial charge in [0.1, 0.15) is 0 Å². The van der Waals surface area contributed by atoms with Crippen LogP contribution < -0.4 is 5.32 Å². The average Bonchev–Trinajstić information content (AvgIpc) is 2.85. The van der Waals surface area contributed by atoms with E-state index in [1.807, 2.05) is 6.07 Å². The molecule has 1 aliphatic rings. The Bertz CT molecular complexity index is 405. The molecule has 2 atom stereocenters. The largest absolute Gasteiger partial charge is 0.394 e. The van der Waals surface area contributed by atoms with E-state index in [1.165, 1.54) is 4.88 Å². The van der Waals surface area contributed by atoms with Gasteiger partial charge in [-0.1, -0.05) is 0 Å². The zero-order chi connectivity index (χ0) is 13.0. The van der Waals surface area contributed by atoms with E-state index in [-0.39, 0.29) is 24.5 Å². The van der Waals surface area contributed by atoms with Crippen LogP contribution in [0.4, 0.5) is 0 Å². The van der Waals surface area contributed by atoms with E-state index in [9.17, 15) is 4.79 Å². The van der Waals surface area contributed by atoms with E-state index >= 15 is 0 Å². The third kappa shape index (κ3) is 2.91. The number of aliphatic hydroxyl groups is 1. The first kappa shape index (κ1) is 13.5. The zero-order valence-corrected chi connectivity index (χ0v) is 11.3. The van der Waals surface area contributed by atoms with Crippen LogP contribution in [0.3, 0.4) is 0 Å². The van der Waals surface area contributed by atoms with E-state index in [0.717, 1.165) is 24.8 Å². The predicted molar refractivity (Wildman–Crippen MR) is 70.9 cm³/mol. The van der Waals surface area contributed by atoms with Crippen molar-refractivity contribution in [1.82, 2.24) is 5.32 Å². The summed E-state index contributed by atoms with van der Waals surface area (Å²) in [5.74, 6) is -0.0589. The Morgan fingerprint density at radius 1 is 1.72 bits per heavy atom. The lowest BCUT2D eigenvalue weighted by Gasteiger charge is -2.24. The molecule has 4 nitrogen and oxygen atoms in total. The van der Waals surface area contributed by atoms with Crippen molar-refractivity contribution in [1.29, 1.82) is 0 Å². The highest BCUT2D eigenvalue weighted by molar-refractivity contribution is 7.10. The molecule has 0 saturated carbocycles. The fourth-order valence-corrected chi connectivity index (χ4v) is 3.39. The Labute approximate surface area is 111 Å². The van der Waals surface area contributed by atoms with Gasteiger partial charge in [-0.3, -0.25) is 4.79 Å². The van der Waals surface area contributed by atoms with Gasteiger partial charge in [0.05, 0.1) is 25.2 Å². The van der Waals surface area contributed by atoms with E-state index in [4.69, 9.17) is 9.84 Å². The van der Waals surface area contributed by atoms with Crippen LogP contribution in [0.25, 0.3) is 0 Å². The van der Waals surface area contributed by atoms with Crippen LogP contribution in [0.2, 0.25) is 0 Å². The van der Waals surface area contributed by atoms with Crippen molar-refractivity contribution in [2.24, 2.45) is 0 Å². The van der Waals surface area contributed by atoms with Gasteiger partial charge in [0.2, 0.25) is 5.91 Å². The molecule has 1 aromatic rings. The van der Waals surface area contributed by atoms with Crippen molar-refractivity contribution in [3.63, 3.8) is 0 Å². The molecule has 0 saturated heterocycles. The monoisotopic (exact) mass is 269 g/mol. The number of thiophene rings is 1. The highest BCUT2D eigenvalue weighted by Gasteiger charge is 2.28. The third-order valence-corrected chi connectivity index (χ3v) is 4.30. The number of carbonyl (C=O) groups excluding carboxylic acids is 1. The second kappa shape index (κ2) is 6.31. The number of rotatable bonds is 5. The number of hydrogen-bond donors (Lipinski definition) is 2. The second-order valence-corrected chi connectivity index (χ2v) is 5.59. The van der Waals surface area contributed by atoms with Gasteiger partial charge < -0.3 is 15.2 Å². The van der Waals surface area contributed by atoms with Gasteiger partial charge in [-0.15, -0.1) is 11.3 Å². The molecular formula is C13H19NO3S. The van der Waals surface area contributed by atoms with Crippen LogP contribution in [0.5, 0.6) is 0 Å². The minimum atomic E-state index is -0.313. The average molecular weight is 269 g/mol. The maximum atomic E-state index is 12.2. The molecule has 0 aromatic carbocycles. The minimum Gasteiger partial charge on any atom is -0.394 e. The number of carbonyl (C=O) groups is 1. The van der Waals surface area contributed by atoms with Crippen LogP contribution in [0.15, 0.2) is 11.4 Å².